The molecular weight excluding hydrogens is 212 g/mol. The van der Waals surface area contributed by atoms with Crippen molar-refractivity contribution in [3.8, 4) is 0 Å². The molecule has 0 aromatic rings. The van der Waals surface area contributed by atoms with E-state index in [4.69, 9.17) is 0 Å². The largest absolute Gasteiger partial charge is 0.462 e. The van der Waals surface area contributed by atoms with E-state index in [0.29, 0.717) is 13.0 Å². The van der Waals surface area contributed by atoms with Gasteiger partial charge in [0.2, 0.25) is 5.91 Å². The average Bonchev–Trinajstić information content (AvgIpc) is 2.70. The number of carbonyl (C=O) groups excluding carboxylic acids is 3. The van der Waals surface area contributed by atoms with Crippen LogP contribution < -0.4 is 5.32 Å². The molecular formula is C10H16N2O4. The number of ether oxygens (including phenoxy) is 1. The summed E-state index contributed by atoms with van der Waals surface area (Å²) in [7, 11) is 2.71. The number of rotatable bonds is 1. The molecule has 0 bridgehead atoms. The van der Waals surface area contributed by atoms with Gasteiger partial charge in [-0.05, 0) is 13.3 Å². The van der Waals surface area contributed by atoms with Crippen LogP contribution >= 0.6 is 0 Å². The summed E-state index contributed by atoms with van der Waals surface area (Å²) in [5.74, 6) is -1.69. The van der Waals surface area contributed by atoms with Gasteiger partial charge in [-0.15, -0.1) is 0 Å². The van der Waals surface area contributed by atoms with Gasteiger partial charge in [0, 0.05) is 20.1 Å². The van der Waals surface area contributed by atoms with Gasteiger partial charge in [-0.1, -0.05) is 0 Å². The predicted octanol–water partition coefficient (Wildman–Crippen LogP) is -0.856. The van der Waals surface area contributed by atoms with E-state index in [1.807, 2.05) is 0 Å². The zero-order valence-electron chi connectivity index (χ0n) is 9.70. The summed E-state index contributed by atoms with van der Waals surface area (Å²) in [4.78, 5) is 35.5. The summed E-state index contributed by atoms with van der Waals surface area (Å²) >= 11 is 0. The molecule has 0 aromatic carbocycles. The molecule has 0 aliphatic carbocycles. The van der Waals surface area contributed by atoms with Crippen molar-refractivity contribution in [1.29, 1.82) is 0 Å². The summed E-state index contributed by atoms with van der Waals surface area (Å²) < 4.78 is 4.35. The first-order chi connectivity index (χ1) is 7.44. The Hall–Kier alpha value is -1.59. The molecule has 0 saturated carbocycles. The molecule has 1 unspecified atom stereocenters. The fourth-order valence-electron chi connectivity index (χ4n) is 1.84. The maximum absolute atomic E-state index is 11.6. The highest BCUT2D eigenvalue weighted by Gasteiger charge is 2.42. The maximum atomic E-state index is 11.6. The summed E-state index contributed by atoms with van der Waals surface area (Å²) in [6.07, 6.45) is 0.551. The Kier molecular flexibility index (Phi) is 3.51. The fraction of sp³-hybridized carbons (Fsp3) is 0.700. The van der Waals surface area contributed by atoms with Crippen LogP contribution in [0.25, 0.3) is 0 Å². The van der Waals surface area contributed by atoms with Crippen LogP contribution in [0, 0.1) is 5.41 Å². The number of nitrogens with one attached hydrogen (secondary N) is 1. The second-order valence-corrected chi connectivity index (χ2v) is 4.11. The van der Waals surface area contributed by atoms with Gasteiger partial charge in [0.15, 0.2) is 0 Å². The third kappa shape index (κ3) is 2.15. The summed E-state index contributed by atoms with van der Waals surface area (Å²) in [5, 5.41) is 2.56. The minimum Gasteiger partial charge on any atom is -0.462 e. The van der Waals surface area contributed by atoms with Crippen molar-refractivity contribution in [1.82, 2.24) is 10.2 Å². The minimum absolute atomic E-state index is 0.118. The quantitative estimate of drug-likeness (QED) is 0.468. The van der Waals surface area contributed by atoms with Gasteiger partial charge in [-0.3, -0.25) is 9.59 Å². The predicted molar refractivity (Wildman–Crippen MR) is 55.4 cm³/mol. The number of nitrogens with zero attached hydrogens (tertiary/aromatic N) is 1. The number of carbonyl (C=O) groups is 3. The van der Waals surface area contributed by atoms with Crippen LogP contribution in [-0.2, 0) is 19.1 Å². The molecule has 1 rings (SSSR count). The first-order valence-corrected chi connectivity index (χ1v) is 5.04. The van der Waals surface area contributed by atoms with Crippen LogP contribution in [0.1, 0.15) is 13.3 Å². The number of amides is 2. The normalized spacial score (nSPS) is 24.1. The molecule has 0 aromatic heterocycles. The molecule has 1 saturated heterocycles. The number of hydrogen-bond donors (Lipinski definition) is 1. The molecule has 90 valence electrons. The van der Waals surface area contributed by atoms with Gasteiger partial charge in [0.05, 0.1) is 12.5 Å². The number of esters is 1. The second-order valence-electron chi connectivity index (χ2n) is 4.11. The van der Waals surface area contributed by atoms with E-state index in [1.165, 1.54) is 4.90 Å². The Bertz CT molecular complexity index is 329. The Labute approximate surface area is 93.9 Å². The van der Waals surface area contributed by atoms with E-state index in [-0.39, 0.29) is 12.5 Å². The smallest absolute Gasteiger partial charge is 0.396 e. The number of likely N-dealkylation sites (tertiary alicyclic amines) is 1. The molecule has 6 heteroatoms. The third-order valence-electron chi connectivity index (χ3n) is 2.90. The van der Waals surface area contributed by atoms with Crippen LogP contribution in [0.15, 0.2) is 0 Å². The zero-order valence-corrected chi connectivity index (χ0v) is 9.70. The zero-order chi connectivity index (χ0) is 12.3. The SMILES string of the molecule is CNC(=O)C1(C)CCN(C(=O)C(=O)OC)C1. The number of hydrogen-bond acceptors (Lipinski definition) is 4. The standard InChI is InChI=1S/C10H16N2O4/c1-10(9(15)11-2)4-5-12(6-10)7(13)8(14)16-3/h4-6H2,1-3H3,(H,11,15). The van der Waals surface area contributed by atoms with Gasteiger partial charge >= 0.3 is 11.9 Å². The van der Waals surface area contributed by atoms with Crippen LogP contribution in [-0.4, -0.2) is 49.9 Å². The lowest BCUT2D eigenvalue weighted by Crippen LogP contribution is -2.42. The van der Waals surface area contributed by atoms with Crippen molar-refractivity contribution >= 4 is 17.8 Å². The summed E-state index contributed by atoms with van der Waals surface area (Å²) in [6.45, 7) is 2.43. The number of methoxy groups -OCH3 is 1. The Morgan fingerprint density at radius 1 is 1.38 bits per heavy atom. The maximum Gasteiger partial charge on any atom is 0.396 e. The Morgan fingerprint density at radius 2 is 2.00 bits per heavy atom. The lowest BCUT2D eigenvalue weighted by Gasteiger charge is -2.22. The van der Waals surface area contributed by atoms with Crippen molar-refractivity contribution in [3.05, 3.63) is 0 Å². The molecule has 1 fully saturated rings. The van der Waals surface area contributed by atoms with E-state index in [0.717, 1.165) is 7.11 Å². The highest BCUT2D eigenvalue weighted by atomic mass is 16.5. The van der Waals surface area contributed by atoms with Gasteiger partial charge < -0.3 is 15.0 Å². The van der Waals surface area contributed by atoms with Gasteiger partial charge in [0.25, 0.3) is 0 Å². The molecule has 1 aliphatic heterocycles. The van der Waals surface area contributed by atoms with Gasteiger partial charge in [-0.2, -0.15) is 0 Å². The van der Waals surface area contributed by atoms with Crippen molar-refractivity contribution in [2.75, 3.05) is 27.2 Å². The van der Waals surface area contributed by atoms with Crippen molar-refractivity contribution < 1.29 is 19.1 Å². The molecule has 1 atom stereocenters. The molecule has 0 spiro atoms. The molecule has 0 radical (unpaired) electrons. The van der Waals surface area contributed by atoms with E-state index < -0.39 is 17.3 Å². The summed E-state index contributed by atoms with van der Waals surface area (Å²) in [6, 6.07) is 0. The van der Waals surface area contributed by atoms with Gasteiger partial charge in [0.1, 0.15) is 0 Å². The van der Waals surface area contributed by atoms with Crippen molar-refractivity contribution in [3.63, 3.8) is 0 Å². The highest BCUT2D eigenvalue weighted by Crippen LogP contribution is 2.30. The van der Waals surface area contributed by atoms with Crippen molar-refractivity contribution in [2.24, 2.45) is 5.41 Å². The Morgan fingerprint density at radius 3 is 2.50 bits per heavy atom. The molecule has 2 amide bonds. The topological polar surface area (TPSA) is 75.7 Å². The first-order valence-electron chi connectivity index (χ1n) is 5.04. The van der Waals surface area contributed by atoms with Crippen molar-refractivity contribution in [2.45, 2.75) is 13.3 Å². The highest BCUT2D eigenvalue weighted by molar-refractivity contribution is 6.32. The van der Waals surface area contributed by atoms with Crippen LogP contribution in [0.3, 0.4) is 0 Å². The lowest BCUT2D eigenvalue weighted by atomic mass is 9.89. The fourth-order valence-corrected chi connectivity index (χ4v) is 1.84. The third-order valence-corrected chi connectivity index (χ3v) is 2.90. The van der Waals surface area contributed by atoms with E-state index in [9.17, 15) is 14.4 Å². The first kappa shape index (κ1) is 12.5. The molecule has 6 nitrogen and oxygen atoms in total. The van der Waals surface area contributed by atoms with E-state index in [1.54, 1.807) is 14.0 Å². The van der Waals surface area contributed by atoms with Crippen LogP contribution in [0.5, 0.6) is 0 Å². The Balaban J connectivity index is 2.69. The van der Waals surface area contributed by atoms with Gasteiger partial charge in [-0.25, -0.2) is 4.79 Å². The van der Waals surface area contributed by atoms with Crippen LogP contribution in [0.2, 0.25) is 0 Å². The van der Waals surface area contributed by atoms with E-state index >= 15 is 0 Å². The summed E-state index contributed by atoms with van der Waals surface area (Å²) in [5.41, 5.74) is -0.613. The molecule has 1 aliphatic rings. The molecule has 1 heterocycles. The minimum atomic E-state index is -0.888. The average molecular weight is 228 g/mol. The molecule has 16 heavy (non-hydrogen) atoms. The second kappa shape index (κ2) is 4.51. The molecule has 1 N–H and O–H groups in total. The monoisotopic (exact) mass is 228 g/mol. The lowest BCUT2D eigenvalue weighted by molar-refractivity contribution is -0.157. The van der Waals surface area contributed by atoms with E-state index in [2.05, 4.69) is 10.1 Å². The van der Waals surface area contributed by atoms with Crippen LogP contribution in [0.4, 0.5) is 0 Å².